The topological polar surface area (TPSA) is 161 Å². The maximum atomic E-state index is 12.8. The normalized spacial score (nSPS) is 12.1. The van der Waals surface area contributed by atoms with Crippen molar-refractivity contribution in [2.45, 2.75) is 72.3 Å². The first-order chi connectivity index (χ1) is 16.6. The number of rotatable bonds is 13. The van der Waals surface area contributed by atoms with E-state index in [2.05, 4.69) is 5.32 Å². The Balaban J connectivity index is 4.96. The zero-order valence-corrected chi connectivity index (χ0v) is 23.4. The van der Waals surface area contributed by atoms with Gasteiger partial charge in [-0.25, -0.2) is 14.4 Å². The molecule has 0 radical (unpaired) electrons. The smallest absolute Gasteiger partial charge is 0.371 e. The molecular formula is C22H35NO11S2. The van der Waals surface area contributed by atoms with Crippen LogP contribution in [0.25, 0.3) is 0 Å². The van der Waals surface area contributed by atoms with Crippen molar-refractivity contribution in [2.24, 2.45) is 11.8 Å². The van der Waals surface area contributed by atoms with Crippen molar-refractivity contribution >= 4 is 57.9 Å². The van der Waals surface area contributed by atoms with Gasteiger partial charge in [0.1, 0.15) is 6.04 Å². The van der Waals surface area contributed by atoms with E-state index in [1.54, 1.807) is 41.5 Å². The molecule has 1 N–H and O–H groups in total. The second-order valence-electron chi connectivity index (χ2n) is 8.70. The summed E-state index contributed by atoms with van der Waals surface area (Å²) in [6.45, 7) is 11.4. The minimum absolute atomic E-state index is 0.245. The van der Waals surface area contributed by atoms with Crippen molar-refractivity contribution in [3.63, 3.8) is 0 Å². The highest BCUT2D eigenvalue weighted by atomic mass is 32.2. The number of hydrogen-bond donors (Lipinski definition) is 1. The Labute approximate surface area is 219 Å². The molecule has 0 aromatic carbocycles. The molecule has 1 atom stereocenters. The molecule has 0 aromatic heterocycles. The summed E-state index contributed by atoms with van der Waals surface area (Å²) in [7, 11) is 0. The first kappa shape index (κ1) is 33.5. The third kappa shape index (κ3) is 14.2. The standard InChI is InChI=1S/C22H35NO11S2/c1-12(2)16(24)30-10-32-20(28)35-9-15(18(26)34-14(5)6)23-19(27)22(7,8)36-21(29)33-11-31-17(25)13(3)4/h12-15H,9-11H2,1-8H3,(H,23,27)/t15-/m0/s1. The molecule has 14 heteroatoms. The minimum atomic E-state index is -1.40. The van der Waals surface area contributed by atoms with E-state index in [9.17, 15) is 28.8 Å². The van der Waals surface area contributed by atoms with Gasteiger partial charge < -0.3 is 29.0 Å². The molecule has 0 saturated heterocycles. The molecule has 12 nitrogen and oxygen atoms in total. The number of carbonyl (C=O) groups excluding carboxylic acids is 6. The quantitative estimate of drug-likeness (QED) is 0.201. The molecular weight excluding hydrogens is 518 g/mol. The predicted molar refractivity (Wildman–Crippen MR) is 132 cm³/mol. The Morgan fingerprint density at radius 3 is 1.64 bits per heavy atom. The molecule has 0 aliphatic carbocycles. The van der Waals surface area contributed by atoms with Gasteiger partial charge in [0.15, 0.2) is 0 Å². The summed E-state index contributed by atoms with van der Waals surface area (Å²) in [6.07, 6.45) is -0.491. The molecule has 0 aromatic rings. The fraction of sp³-hybridized carbons (Fsp3) is 0.727. The molecule has 0 aliphatic rings. The van der Waals surface area contributed by atoms with Gasteiger partial charge in [0.2, 0.25) is 19.5 Å². The van der Waals surface area contributed by atoms with Crippen molar-refractivity contribution in [3.05, 3.63) is 0 Å². The summed E-state index contributed by atoms with van der Waals surface area (Å²) >= 11 is 1.08. The van der Waals surface area contributed by atoms with Gasteiger partial charge in [0, 0.05) is 5.75 Å². The van der Waals surface area contributed by atoms with Crippen LogP contribution < -0.4 is 5.32 Å². The van der Waals surface area contributed by atoms with Crippen LogP contribution in [0.1, 0.15) is 55.4 Å². The van der Waals surface area contributed by atoms with Crippen LogP contribution in [0.3, 0.4) is 0 Å². The lowest BCUT2D eigenvalue weighted by atomic mass is 10.2. The number of thioether (sulfide) groups is 2. The molecule has 206 valence electrons. The Hall–Kier alpha value is -2.48. The number of hydrogen-bond acceptors (Lipinski definition) is 13. The van der Waals surface area contributed by atoms with Gasteiger partial charge in [-0.3, -0.25) is 14.4 Å². The van der Waals surface area contributed by atoms with Crippen LogP contribution in [-0.2, 0) is 42.9 Å². The summed E-state index contributed by atoms with van der Waals surface area (Å²) < 4.78 is 22.8. The molecule has 36 heavy (non-hydrogen) atoms. The summed E-state index contributed by atoms with van der Waals surface area (Å²) in [5.74, 6) is -3.64. The minimum Gasteiger partial charge on any atom is -0.461 e. The number of amides is 1. The average molecular weight is 554 g/mol. The molecule has 0 bridgehead atoms. The number of ether oxygens (including phenoxy) is 5. The third-order valence-electron chi connectivity index (χ3n) is 3.89. The number of esters is 3. The third-order valence-corrected chi connectivity index (χ3v) is 5.73. The average Bonchev–Trinajstić information content (AvgIpc) is 2.74. The van der Waals surface area contributed by atoms with Gasteiger partial charge in [0.25, 0.3) is 0 Å². The van der Waals surface area contributed by atoms with Crippen molar-refractivity contribution < 1.29 is 52.5 Å². The van der Waals surface area contributed by atoms with Gasteiger partial charge in [-0.05, 0) is 51.2 Å². The molecule has 0 fully saturated rings. The first-order valence-electron chi connectivity index (χ1n) is 11.1. The van der Waals surface area contributed by atoms with E-state index in [0.29, 0.717) is 23.5 Å². The van der Waals surface area contributed by atoms with Crippen LogP contribution >= 0.6 is 23.5 Å². The van der Waals surface area contributed by atoms with E-state index < -0.39 is 76.7 Å². The molecule has 1 amide bonds. The lowest BCUT2D eigenvalue weighted by Crippen LogP contribution is -2.50. The van der Waals surface area contributed by atoms with Gasteiger partial charge in [-0.2, -0.15) is 0 Å². The molecule has 0 rings (SSSR count). The highest BCUT2D eigenvalue weighted by Crippen LogP contribution is 2.27. The Morgan fingerprint density at radius 1 is 0.722 bits per heavy atom. The molecule has 0 unspecified atom stereocenters. The SMILES string of the molecule is CC(C)OC(=O)[C@H](CSC(=O)OCOC(=O)C(C)C)NC(=O)C(C)(C)SC(=O)OCOC(=O)C(C)C. The van der Waals surface area contributed by atoms with E-state index >= 15 is 0 Å². The highest BCUT2D eigenvalue weighted by molar-refractivity contribution is 8.15. The fourth-order valence-electron chi connectivity index (χ4n) is 1.90. The summed E-state index contributed by atoms with van der Waals surface area (Å²) in [4.78, 5) is 72.1. The zero-order chi connectivity index (χ0) is 28.1. The monoisotopic (exact) mass is 553 g/mol. The van der Waals surface area contributed by atoms with Crippen LogP contribution in [0.5, 0.6) is 0 Å². The zero-order valence-electron chi connectivity index (χ0n) is 21.7. The summed E-state index contributed by atoms with van der Waals surface area (Å²) in [5.41, 5.74) is 0. The molecule has 0 saturated carbocycles. The van der Waals surface area contributed by atoms with E-state index in [-0.39, 0.29) is 5.75 Å². The van der Waals surface area contributed by atoms with Crippen molar-refractivity contribution in [1.29, 1.82) is 0 Å². The van der Waals surface area contributed by atoms with Crippen LogP contribution in [0.2, 0.25) is 0 Å². The fourth-order valence-corrected chi connectivity index (χ4v) is 3.23. The van der Waals surface area contributed by atoms with Gasteiger partial charge in [-0.1, -0.05) is 27.7 Å². The molecule has 0 spiro atoms. The Morgan fingerprint density at radius 2 is 1.19 bits per heavy atom. The predicted octanol–water partition coefficient (Wildman–Crippen LogP) is 3.25. The first-order valence-corrected chi connectivity index (χ1v) is 12.9. The summed E-state index contributed by atoms with van der Waals surface area (Å²) in [5, 5.41) is 0.750. The van der Waals surface area contributed by atoms with Crippen LogP contribution in [0.4, 0.5) is 9.59 Å². The lowest BCUT2D eigenvalue weighted by Gasteiger charge is -2.25. The highest BCUT2D eigenvalue weighted by Gasteiger charge is 2.36. The lowest BCUT2D eigenvalue weighted by molar-refractivity contribution is -0.156. The second-order valence-corrected chi connectivity index (χ2v) is 11.2. The van der Waals surface area contributed by atoms with Gasteiger partial charge in [-0.15, -0.1) is 0 Å². The van der Waals surface area contributed by atoms with Crippen molar-refractivity contribution in [1.82, 2.24) is 5.32 Å². The van der Waals surface area contributed by atoms with E-state index in [0.717, 1.165) is 0 Å². The van der Waals surface area contributed by atoms with Crippen LogP contribution in [0, 0.1) is 11.8 Å². The van der Waals surface area contributed by atoms with Crippen LogP contribution in [-0.4, -0.2) is 70.6 Å². The maximum Gasteiger partial charge on any atom is 0.371 e. The van der Waals surface area contributed by atoms with Crippen molar-refractivity contribution in [2.75, 3.05) is 19.3 Å². The Kier molecular flexibility index (Phi) is 15.2. The largest absolute Gasteiger partial charge is 0.461 e. The van der Waals surface area contributed by atoms with E-state index in [4.69, 9.17) is 23.7 Å². The van der Waals surface area contributed by atoms with E-state index in [1.165, 1.54) is 13.8 Å². The number of nitrogens with one attached hydrogen (secondary N) is 1. The summed E-state index contributed by atoms with van der Waals surface area (Å²) in [6, 6.07) is -1.25. The maximum absolute atomic E-state index is 12.8. The van der Waals surface area contributed by atoms with Gasteiger partial charge in [0.05, 0.1) is 22.7 Å². The second kappa shape index (κ2) is 16.3. The van der Waals surface area contributed by atoms with Crippen molar-refractivity contribution in [3.8, 4) is 0 Å². The molecule has 0 aliphatic heterocycles. The van der Waals surface area contributed by atoms with E-state index in [1.807, 2.05) is 0 Å². The van der Waals surface area contributed by atoms with Crippen LogP contribution in [0.15, 0.2) is 0 Å². The Bertz CT molecular complexity index is 797. The molecule has 0 heterocycles. The van der Waals surface area contributed by atoms with Gasteiger partial charge >= 0.3 is 28.5 Å². The number of carbonyl (C=O) groups is 6.